The highest BCUT2D eigenvalue weighted by atomic mass is 16.5. The Hall–Kier alpha value is -0.0800. The van der Waals surface area contributed by atoms with Gasteiger partial charge in [0.05, 0.1) is 0 Å². The second-order valence-corrected chi connectivity index (χ2v) is 5.62. The third-order valence-corrected chi connectivity index (χ3v) is 3.68. The minimum Gasteiger partial charge on any atom is -0.385 e. The molecule has 0 radical (unpaired) electrons. The summed E-state index contributed by atoms with van der Waals surface area (Å²) in [7, 11) is 1.79. The molecule has 0 rings (SSSR count). The Balaban J connectivity index is 4.28. The summed E-state index contributed by atoms with van der Waals surface area (Å²) in [6.07, 6.45) is 3.71. The summed E-state index contributed by atoms with van der Waals surface area (Å²) in [6, 6.07) is 0.575. The van der Waals surface area contributed by atoms with Gasteiger partial charge in [-0.05, 0) is 24.2 Å². The van der Waals surface area contributed by atoms with Gasteiger partial charge in [0.1, 0.15) is 0 Å². The van der Waals surface area contributed by atoms with E-state index in [0.29, 0.717) is 17.4 Å². The van der Waals surface area contributed by atoms with E-state index < -0.39 is 0 Å². The molecule has 0 aliphatic rings. The smallest absolute Gasteiger partial charge is 0.0465 e. The summed E-state index contributed by atoms with van der Waals surface area (Å²) in [4.78, 5) is 0. The summed E-state index contributed by atoms with van der Waals surface area (Å²) in [5.74, 6) is 0.707. The molecule has 2 unspecified atom stereocenters. The molecule has 0 fully saturated rings. The van der Waals surface area contributed by atoms with Crippen molar-refractivity contribution in [2.75, 3.05) is 20.3 Å². The molecule has 0 aliphatic carbocycles. The van der Waals surface area contributed by atoms with Crippen molar-refractivity contribution >= 4 is 0 Å². The van der Waals surface area contributed by atoms with Crippen LogP contribution in [0.5, 0.6) is 0 Å². The third-order valence-electron chi connectivity index (χ3n) is 3.68. The van der Waals surface area contributed by atoms with E-state index in [1.807, 2.05) is 0 Å². The van der Waals surface area contributed by atoms with Crippen LogP contribution in [0.15, 0.2) is 0 Å². The molecule has 0 aromatic carbocycles. The lowest BCUT2D eigenvalue weighted by atomic mass is 9.73. The summed E-state index contributed by atoms with van der Waals surface area (Å²) < 4.78 is 5.19. The summed E-state index contributed by atoms with van der Waals surface area (Å²) >= 11 is 0. The van der Waals surface area contributed by atoms with Crippen molar-refractivity contribution in [3.8, 4) is 0 Å². The third kappa shape index (κ3) is 5.86. The minimum atomic E-state index is 0.400. The molecule has 16 heavy (non-hydrogen) atoms. The first-order valence-corrected chi connectivity index (χ1v) is 6.68. The van der Waals surface area contributed by atoms with Gasteiger partial charge in [0.15, 0.2) is 0 Å². The van der Waals surface area contributed by atoms with E-state index in [2.05, 4.69) is 39.9 Å². The number of methoxy groups -OCH3 is 1. The lowest BCUT2D eigenvalue weighted by Crippen LogP contribution is -2.40. The van der Waals surface area contributed by atoms with Gasteiger partial charge in [-0.3, -0.25) is 0 Å². The van der Waals surface area contributed by atoms with Gasteiger partial charge >= 0.3 is 0 Å². The number of ether oxygens (including phenoxy) is 1. The van der Waals surface area contributed by atoms with Gasteiger partial charge in [-0.1, -0.05) is 41.0 Å². The van der Waals surface area contributed by atoms with E-state index in [1.165, 1.54) is 12.8 Å². The molecule has 0 saturated heterocycles. The molecule has 0 saturated carbocycles. The second kappa shape index (κ2) is 8.08. The molecule has 0 aromatic heterocycles. The molecule has 2 atom stereocenters. The summed E-state index contributed by atoms with van der Waals surface area (Å²) in [6.45, 7) is 13.5. The van der Waals surface area contributed by atoms with E-state index in [0.717, 1.165) is 19.6 Å². The number of hydrogen-bond acceptors (Lipinski definition) is 2. The van der Waals surface area contributed by atoms with Crippen molar-refractivity contribution in [1.29, 1.82) is 0 Å². The van der Waals surface area contributed by atoms with Gasteiger partial charge in [0.2, 0.25) is 0 Å². The maximum Gasteiger partial charge on any atom is 0.0465 e. The second-order valence-electron chi connectivity index (χ2n) is 5.62. The largest absolute Gasteiger partial charge is 0.385 e. The molecular formula is C14H31NO. The number of hydrogen-bond donors (Lipinski definition) is 1. The van der Waals surface area contributed by atoms with Gasteiger partial charge in [0, 0.05) is 26.3 Å². The zero-order chi connectivity index (χ0) is 12.6. The van der Waals surface area contributed by atoms with Crippen LogP contribution in [0, 0.1) is 11.3 Å². The van der Waals surface area contributed by atoms with Gasteiger partial charge in [-0.15, -0.1) is 0 Å². The van der Waals surface area contributed by atoms with Crippen LogP contribution in [0.4, 0.5) is 0 Å². The Labute approximate surface area is 102 Å². The van der Waals surface area contributed by atoms with Crippen LogP contribution in [0.25, 0.3) is 0 Å². The Bertz CT molecular complexity index is 170. The average Bonchev–Trinajstić information content (AvgIpc) is 2.23. The molecule has 0 aliphatic heterocycles. The van der Waals surface area contributed by atoms with E-state index in [9.17, 15) is 0 Å². The van der Waals surface area contributed by atoms with Crippen molar-refractivity contribution in [3.05, 3.63) is 0 Å². The van der Waals surface area contributed by atoms with Gasteiger partial charge in [-0.25, -0.2) is 0 Å². The maximum absolute atomic E-state index is 5.19. The SMILES string of the molecule is CCCC(C)(CNC(C)C)C(C)CCOC. The van der Waals surface area contributed by atoms with Gasteiger partial charge < -0.3 is 10.1 Å². The maximum atomic E-state index is 5.19. The average molecular weight is 229 g/mol. The molecular weight excluding hydrogens is 198 g/mol. The molecule has 98 valence electrons. The molecule has 2 heteroatoms. The van der Waals surface area contributed by atoms with Crippen molar-refractivity contribution in [1.82, 2.24) is 5.32 Å². The van der Waals surface area contributed by atoms with Crippen molar-refractivity contribution in [2.45, 2.75) is 59.9 Å². The Morgan fingerprint density at radius 1 is 1.25 bits per heavy atom. The van der Waals surface area contributed by atoms with Gasteiger partial charge in [-0.2, -0.15) is 0 Å². The van der Waals surface area contributed by atoms with Crippen LogP contribution < -0.4 is 5.32 Å². The zero-order valence-electron chi connectivity index (χ0n) is 12.1. The Morgan fingerprint density at radius 3 is 2.31 bits per heavy atom. The molecule has 2 nitrogen and oxygen atoms in total. The van der Waals surface area contributed by atoms with Crippen LogP contribution in [-0.4, -0.2) is 26.3 Å². The fraction of sp³-hybridized carbons (Fsp3) is 1.00. The van der Waals surface area contributed by atoms with Crippen molar-refractivity contribution in [3.63, 3.8) is 0 Å². The van der Waals surface area contributed by atoms with Crippen LogP contribution in [0.3, 0.4) is 0 Å². The molecule has 0 aromatic rings. The fourth-order valence-corrected chi connectivity index (χ4v) is 2.16. The van der Waals surface area contributed by atoms with E-state index >= 15 is 0 Å². The van der Waals surface area contributed by atoms with Crippen LogP contribution in [-0.2, 0) is 4.74 Å². The monoisotopic (exact) mass is 229 g/mol. The normalized spacial score (nSPS) is 17.4. The van der Waals surface area contributed by atoms with E-state index in [-0.39, 0.29) is 0 Å². The highest BCUT2D eigenvalue weighted by Gasteiger charge is 2.29. The van der Waals surface area contributed by atoms with Crippen molar-refractivity contribution < 1.29 is 4.74 Å². The molecule has 0 bridgehead atoms. The summed E-state index contributed by atoms with van der Waals surface area (Å²) in [5.41, 5.74) is 0.400. The van der Waals surface area contributed by atoms with Gasteiger partial charge in [0.25, 0.3) is 0 Å². The molecule has 0 amide bonds. The molecule has 0 spiro atoms. The molecule has 0 heterocycles. The first-order valence-electron chi connectivity index (χ1n) is 6.68. The zero-order valence-corrected chi connectivity index (χ0v) is 12.1. The quantitative estimate of drug-likeness (QED) is 0.654. The van der Waals surface area contributed by atoms with Crippen molar-refractivity contribution in [2.24, 2.45) is 11.3 Å². The minimum absolute atomic E-state index is 0.400. The highest BCUT2D eigenvalue weighted by Crippen LogP contribution is 2.34. The first kappa shape index (κ1) is 15.9. The Kier molecular flexibility index (Phi) is 8.04. The highest BCUT2D eigenvalue weighted by molar-refractivity contribution is 4.82. The Morgan fingerprint density at radius 2 is 1.88 bits per heavy atom. The van der Waals surface area contributed by atoms with Crippen LogP contribution >= 0.6 is 0 Å². The van der Waals surface area contributed by atoms with E-state index in [1.54, 1.807) is 7.11 Å². The molecule has 1 N–H and O–H groups in total. The van der Waals surface area contributed by atoms with Crippen LogP contribution in [0.1, 0.15) is 53.9 Å². The summed E-state index contributed by atoms with van der Waals surface area (Å²) in [5, 5.41) is 3.59. The first-order chi connectivity index (χ1) is 7.46. The topological polar surface area (TPSA) is 21.3 Å². The standard InChI is InChI=1S/C14H31NO/c1-7-9-14(5,11-15-12(2)3)13(4)8-10-16-6/h12-13,15H,7-11H2,1-6H3. The predicted octanol–water partition coefficient (Wildman–Crippen LogP) is 3.46. The fourth-order valence-electron chi connectivity index (χ4n) is 2.16. The lowest BCUT2D eigenvalue weighted by Gasteiger charge is -2.37. The predicted molar refractivity (Wildman–Crippen MR) is 71.8 cm³/mol. The van der Waals surface area contributed by atoms with E-state index in [4.69, 9.17) is 4.74 Å². The number of nitrogens with one attached hydrogen (secondary N) is 1. The lowest BCUT2D eigenvalue weighted by molar-refractivity contribution is 0.114. The number of rotatable bonds is 9. The van der Waals surface area contributed by atoms with Crippen LogP contribution in [0.2, 0.25) is 0 Å².